The molecule has 0 aliphatic carbocycles. The molecule has 0 aliphatic rings. The molecule has 0 bridgehead atoms. The van der Waals surface area contributed by atoms with Crippen molar-refractivity contribution >= 4 is 11.6 Å². The van der Waals surface area contributed by atoms with Gasteiger partial charge >= 0.3 is 0 Å². The van der Waals surface area contributed by atoms with Gasteiger partial charge in [-0.15, -0.1) is 5.10 Å². The van der Waals surface area contributed by atoms with E-state index in [2.05, 4.69) is 20.8 Å². The van der Waals surface area contributed by atoms with E-state index in [1.54, 1.807) is 28.9 Å². The van der Waals surface area contributed by atoms with Crippen LogP contribution in [0.4, 0.5) is 10.1 Å². The molecule has 1 aromatic heterocycles. The first kappa shape index (κ1) is 14.8. The van der Waals surface area contributed by atoms with Crippen LogP contribution in [-0.2, 0) is 6.42 Å². The lowest BCUT2D eigenvalue weighted by Crippen LogP contribution is -2.15. The zero-order valence-corrected chi connectivity index (χ0v) is 12.4. The van der Waals surface area contributed by atoms with Crippen molar-refractivity contribution in [3.63, 3.8) is 0 Å². The maximum absolute atomic E-state index is 13.3. The summed E-state index contributed by atoms with van der Waals surface area (Å²) in [5.41, 5.74) is 1.44. The lowest BCUT2D eigenvalue weighted by Gasteiger charge is -2.11. The van der Waals surface area contributed by atoms with Crippen LogP contribution in [0.2, 0.25) is 0 Å². The molecule has 0 saturated carbocycles. The molecule has 0 atom stereocenters. The van der Waals surface area contributed by atoms with Crippen LogP contribution in [0.25, 0.3) is 5.69 Å². The summed E-state index contributed by atoms with van der Waals surface area (Å²) in [6.07, 6.45) is 0.652. The van der Waals surface area contributed by atoms with Crippen LogP contribution in [-0.4, -0.2) is 26.1 Å². The third-order valence-corrected chi connectivity index (χ3v) is 3.32. The fourth-order valence-corrected chi connectivity index (χ4v) is 2.20. The van der Waals surface area contributed by atoms with Gasteiger partial charge in [0.15, 0.2) is 5.82 Å². The SMILES string of the molecule is CCc1nnnn1-c1ccccc1NC(=O)c1cccc(F)c1. The molecule has 2 aromatic carbocycles. The van der Waals surface area contributed by atoms with Crippen LogP contribution in [0.1, 0.15) is 23.1 Å². The number of hydrogen-bond donors (Lipinski definition) is 1. The minimum Gasteiger partial charge on any atom is -0.320 e. The van der Waals surface area contributed by atoms with Gasteiger partial charge in [0.25, 0.3) is 5.91 Å². The highest BCUT2D eigenvalue weighted by atomic mass is 19.1. The highest BCUT2D eigenvalue weighted by molar-refractivity contribution is 6.05. The van der Waals surface area contributed by atoms with Crippen LogP contribution >= 0.6 is 0 Å². The summed E-state index contributed by atoms with van der Waals surface area (Å²) in [5, 5.41) is 14.3. The van der Waals surface area contributed by atoms with Gasteiger partial charge in [-0.1, -0.05) is 25.1 Å². The third kappa shape index (κ3) is 3.08. The summed E-state index contributed by atoms with van der Waals surface area (Å²) in [6.45, 7) is 1.94. The predicted octanol–water partition coefficient (Wildman–Crippen LogP) is 2.62. The molecule has 116 valence electrons. The van der Waals surface area contributed by atoms with Crippen molar-refractivity contribution < 1.29 is 9.18 Å². The topological polar surface area (TPSA) is 72.7 Å². The maximum atomic E-state index is 13.3. The van der Waals surface area contributed by atoms with E-state index in [0.717, 1.165) is 0 Å². The number of amides is 1. The Balaban J connectivity index is 1.94. The number of aromatic nitrogens is 4. The lowest BCUT2D eigenvalue weighted by molar-refractivity contribution is 0.102. The Kier molecular flexibility index (Phi) is 4.09. The van der Waals surface area contributed by atoms with Gasteiger partial charge in [-0.2, -0.15) is 4.68 Å². The Morgan fingerprint density at radius 2 is 2.04 bits per heavy atom. The van der Waals surface area contributed by atoms with Gasteiger partial charge in [0.05, 0.1) is 11.4 Å². The van der Waals surface area contributed by atoms with Crippen LogP contribution in [0, 0.1) is 5.82 Å². The second-order valence-electron chi connectivity index (χ2n) is 4.84. The molecule has 0 aliphatic heterocycles. The largest absolute Gasteiger partial charge is 0.320 e. The minimum absolute atomic E-state index is 0.243. The van der Waals surface area contributed by atoms with Gasteiger partial charge in [0.2, 0.25) is 0 Å². The van der Waals surface area contributed by atoms with E-state index in [9.17, 15) is 9.18 Å². The van der Waals surface area contributed by atoms with Crippen molar-refractivity contribution in [2.75, 3.05) is 5.32 Å². The van der Waals surface area contributed by atoms with Crippen molar-refractivity contribution in [2.24, 2.45) is 0 Å². The van der Waals surface area contributed by atoms with E-state index in [4.69, 9.17) is 0 Å². The average Bonchev–Trinajstić information content (AvgIpc) is 3.04. The number of halogens is 1. The second-order valence-corrected chi connectivity index (χ2v) is 4.84. The molecular weight excluding hydrogens is 297 g/mol. The van der Waals surface area contributed by atoms with E-state index in [-0.39, 0.29) is 5.56 Å². The van der Waals surface area contributed by atoms with Crippen LogP contribution < -0.4 is 5.32 Å². The van der Waals surface area contributed by atoms with E-state index >= 15 is 0 Å². The number of anilines is 1. The number of aryl methyl sites for hydroxylation is 1. The summed E-state index contributed by atoms with van der Waals surface area (Å²) >= 11 is 0. The molecule has 1 heterocycles. The molecular formula is C16H14FN5O. The summed E-state index contributed by atoms with van der Waals surface area (Å²) in [5.74, 6) is -0.180. The number of para-hydroxylation sites is 2. The Morgan fingerprint density at radius 1 is 1.22 bits per heavy atom. The quantitative estimate of drug-likeness (QED) is 0.804. The molecule has 0 spiro atoms. The molecule has 0 unspecified atom stereocenters. The number of rotatable bonds is 4. The van der Waals surface area contributed by atoms with Crippen LogP contribution in [0.5, 0.6) is 0 Å². The van der Waals surface area contributed by atoms with E-state index in [1.165, 1.54) is 18.2 Å². The van der Waals surface area contributed by atoms with Crippen molar-refractivity contribution in [2.45, 2.75) is 13.3 Å². The molecule has 3 aromatic rings. The number of carbonyl (C=O) groups excluding carboxylic acids is 1. The Labute approximate surface area is 132 Å². The number of benzene rings is 2. The van der Waals surface area contributed by atoms with Gasteiger partial charge < -0.3 is 5.32 Å². The highest BCUT2D eigenvalue weighted by Gasteiger charge is 2.13. The molecule has 0 saturated heterocycles. The fourth-order valence-electron chi connectivity index (χ4n) is 2.20. The highest BCUT2D eigenvalue weighted by Crippen LogP contribution is 2.21. The maximum Gasteiger partial charge on any atom is 0.255 e. The Hall–Kier alpha value is -3.09. The van der Waals surface area contributed by atoms with E-state index in [0.29, 0.717) is 23.6 Å². The Morgan fingerprint density at radius 3 is 2.83 bits per heavy atom. The first-order valence-corrected chi connectivity index (χ1v) is 7.12. The van der Waals surface area contributed by atoms with Gasteiger partial charge in [-0.3, -0.25) is 4.79 Å². The first-order valence-electron chi connectivity index (χ1n) is 7.12. The van der Waals surface area contributed by atoms with Gasteiger partial charge in [0, 0.05) is 12.0 Å². The van der Waals surface area contributed by atoms with Crippen LogP contribution in [0.3, 0.4) is 0 Å². The number of carbonyl (C=O) groups is 1. The van der Waals surface area contributed by atoms with Crippen molar-refractivity contribution in [1.29, 1.82) is 0 Å². The van der Waals surface area contributed by atoms with Gasteiger partial charge in [-0.05, 0) is 40.8 Å². The molecule has 6 nitrogen and oxygen atoms in total. The van der Waals surface area contributed by atoms with Crippen molar-refractivity contribution in [3.05, 3.63) is 65.7 Å². The zero-order chi connectivity index (χ0) is 16.2. The number of hydrogen-bond acceptors (Lipinski definition) is 4. The molecule has 3 rings (SSSR count). The van der Waals surface area contributed by atoms with Crippen molar-refractivity contribution in [1.82, 2.24) is 20.2 Å². The normalized spacial score (nSPS) is 10.5. The monoisotopic (exact) mass is 311 g/mol. The molecule has 7 heteroatoms. The summed E-state index contributed by atoms with van der Waals surface area (Å²) in [6, 6.07) is 12.7. The molecule has 1 N–H and O–H groups in total. The van der Waals surface area contributed by atoms with E-state index < -0.39 is 11.7 Å². The third-order valence-electron chi connectivity index (χ3n) is 3.32. The van der Waals surface area contributed by atoms with Gasteiger partial charge in [-0.25, -0.2) is 4.39 Å². The van der Waals surface area contributed by atoms with Crippen molar-refractivity contribution in [3.8, 4) is 5.69 Å². The lowest BCUT2D eigenvalue weighted by atomic mass is 10.2. The first-order chi connectivity index (χ1) is 11.2. The minimum atomic E-state index is -0.459. The number of nitrogens with zero attached hydrogens (tertiary/aromatic N) is 4. The smallest absolute Gasteiger partial charge is 0.255 e. The summed E-state index contributed by atoms with van der Waals surface area (Å²) in [4.78, 5) is 12.3. The van der Waals surface area contributed by atoms with Crippen LogP contribution in [0.15, 0.2) is 48.5 Å². The predicted molar refractivity (Wildman–Crippen MR) is 82.9 cm³/mol. The van der Waals surface area contributed by atoms with Gasteiger partial charge in [0.1, 0.15) is 5.82 Å². The zero-order valence-electron chi connectivity index (χ0n) is 12.4. The Bertz CT molecular complexity index is 846. The molecule has 0 fully saturated rings. The van der Waals surface area contributed by atoms with E-state index in [1.807, 2.05) is 13.0 Å². The molecule has 23 heavy (non-hydrogen) atoms. The second kappa shape index (κ2) is 6.35. The number of nitrogens with one attached hydrogen (secondary N) is 1. The fraction of sp³-hybridized carbons (Fsp3) is 0.125. The summed E-state index contributed by atoms with van der Waals surface area (Å²) in [7, 11) is 0. The average molecular weight is 311 g/mol. The summed E-state index contributed by atoms with van der Waals surface area (Å²) < 4.78 is 14.8. The standard InChI is InChI=1S/C16H14FN5O/c1-2-15-19-20-21-22(15)14-9-4-3-8-13(14)18-16(23)11-6-5-7-12(17)10-11/h3-10H,2H2,1H3,(H,18,23). The molecule has 1 amide bonds. The number of tetrazole rings is 1. The molecule has 0 radical (unpaired) electrons.